The Bertz CT molecular complexity index is 77.0. The first-order valence-corrected chi connectivity index (χ1v) is 3.40. The molecule has 0 saturated carbocycles. The molecule has 0 fully saturated rings. The summed E-state index contributed by atoms with van der Waals surface area (Å²) in [5.74, 6) is 0. The molecular formula is C2H7CaO3P. The minimum Gasteiger partial charge on any atom is -0.324 e. The molecule has 2 N–H and O–H groups in total. The van der Waals surface area contributed by atoms with Crippen LogP contribution < -0.4 is 0 Å². The van der Waals surface area contributed by atoms with E-state index in [1.54, 1.807) is 0 Å². The minimum atomic E-state index is -3.65. The van der Waals surface area contributed by atoms with Gasteiger partial charge in [0.25, 0.3) is 0 Å². The molecule has 5 heteroatoms. The average Bonchev–Trinajstić information content (AvgIpc) is 1.35. The fourth-order valence-electron chi connectivity index (χ4n) is 0. The quantitative estimate of drug-likeness (QED) is 0.402. The van der Waals surface area contributed by atoms with Crippen LogP contribution in [0.25, 0.3) is 0 Å². The Morgan fingerprint density at radius 3 is 1.71 bits per heavy atom. The first-order valence-electron chi connectivity index (χ1n) is 1.61. The summed E-state index contributed by atoms with van der Waals surface area (Å²) in [6.07, 6.45) is -0.0625. The summed E-state index contributed by atoms with van der Waals surface area (Å²) in [4.78, 5) is 15.9. The molecule has 0 aromatic carbocycles. The molecule has 0 aliphatic carbocycles. The van der Waals surface area contributed by atoms with Crippen LogP contribution in [0.15, 0.2) is 0 Å². The Balaban J connectivity index is 0. The molecule has 0 amide bonds. The van der Waals surface area contributed by atoms with E-state index < -0.39 is 7.60 Å². The van der Waals surface area contributed by atoms with Crippen LogP contribution in [0.3, 0.4) is 0 Å². The summed E-state index contributed by atoms with van der Waals surface area (Å²) in [6.45, 7) is 1.45. The van der Waals surface area contributed by atoms with Crippen molar-refractivity contribution >= 4 is 45.3 Å². The van der Waals surface area contributed by atoms with Crippen LogP contribution in [0.5, 0.6) is 0 Å². The van der Waals surface area contributed by atoms with Crippen LogP contribution in [-0.4, -0.2) is 53.7 Å². The second-order valence-electron chi connectivity index (χ2n) is 0.981. The van der Waals surface area contributed by atoms with Crippen molar-refractivity contribution in [3.63, 3.8) is 0 Å². The third-order valence-electron chi connectivity index (χ3n) is 0.412. The van der Waals surface area contributed by atoms with Crippen LogP contribution in [0.1, 0.15) is 6.92 Å². The van der Waals surface area contributed by atoms with Gasteiger partial charge in [0.05, 0.1) is 0 Å². The SMILES string of the molecule is CCP(=O)(O)O.[Ca]. The zero-order valence-electron chi connectivity index (χ0n) is 4.16. The van der Waals surface area contributed by atoms with E-state index in [-0.39, 0.29) is 43.9 Å². The number of hydrogen-bond donors (Lipinski definition) is 2. The number of rotatable bonds is 1. The zero-order chi connectivity index (χ0) is 5.21. The standard InChI is InChI=1S/C2H7O3P.Ca/c1-2-6(3,4)5;/h2H2,1H3,(H2,3,4,5);. The van der Waals surface area contributed by atoms with Gasteiger partial charge in [-0.3, -0.25) is 4.57 Å². The molecule has 0 aromatic rings. The van der Waals surface area contributed by atoms with Crippen molar-refractivity contribution in [3.05, 3.63) is 0 Å². The summed E-state index contributed by atoms with van der Waals surface area (Å²) >= 11 is 0. The maximum absolute atomic E-state index is 9.69. The fourth-order valence-corrected chi connectivity index (χ4v) is 0. The van der Waals surface area contributed by atoms with Crippen LogP contribution >= 0.6 is 7.60 Å². The normalized spacial score (nSPS) is 10.1. The van der Waals surface area contributed by atoms with Gasteiger partial charge in [0.15, 0.2) is 0 Å². The van der Waals surface area contributed by atoms with Crippen molar-refractivity contribution in [1.29, 1.82) is 0 Å². The van der Waals surface area contributed by atoms with Crippen molar-refractivity contribution in [2.45, 2.75) is 6.92 Å². The average molecular weight is 150 g/mol. The first-order chi connectivity index (χ1) is 2.56. The van der Waals surface area contributed by atoms with E-state index in [1.807, 2.05) is 0 Å². The first kappa shape index (κ1) is 11.2. The van der Waals surface area contributed by atoms with Crippen molar-refractivity contribution in [2.75, 3.05) is 6.16 Å². The molecule has 0 aromatic heterocycles. The Hall–Kier alpha value is 1.41. The van der Waals surface area contributed by atoms with E-state index in [0.717, 1.165) is 0 Å². The Morgan fingerprint density at radius 1 is 1.57 bits per heavy atom. The van der Waals surface area contributed by atoms with E-state index >= 15 is 0 Å². The van der Waals surface area contributed by atoms with Crippen LogP contribution in [0.2, 0.25) is 0 Å². The van der Waals surface area contributed by atoms with Gasteiger partial charge < -0.3 is 9.79 Å². The van der Waals surface area contributed by atoms with Gasteiger partial charge in [-0.2, -0.15) is 0 Å². The molecule has 0 rings (SSSR count). The molecule has 0 atom stereocenters. The van der Waals surface area contributed by atoms with Gasteiger partial charge in [-0.25, -0.2) is 0 Å². The molecule has 0 spiro atoms. The summed E-state index contributed by atoms with van der Waals surface area (Å²) in [5.41, 5.74) is 0. The Kier molecular flexibility index (Phi) is 6.91. The van der Waals surface area contributed by atoms with E-state index in [9.17, 15) is 4.57 Å². The second kappa shape index (κ2) is 4.30. The van der Waals surface area contributed by atoms with E-state index in [0.29, 0.717) is 0 Å². The molecule has 40 valence electrons. The summed E-state index contributed by atoms with van der Waals surface area (Å²) in [7, 11) is -3.65. The maximum atomic E-state index is 9.69. The third kappa shape index (κ3) is 11.2. The van der Waals surface area contributed by atoms with Crippen molar-refractivity contribution in [3.8, 4) is 0 Å². The van der Waals surface area contributed by atoms with Crippen molar-refractivity contribution in [2.24, 2.45) is 0 Å². The minimum absolute atomic E-state index is 0. The largest absolute Gasteiger partial charge is 0.325 e. The topological polar surface area (TPSA) is 57.5 Å². The van der Waals surface area contributed by atoms with E-state index in [1.165, 1.54) is 6.92 Å². The smallest absolute Gasteiger partial charge is 0.324 e. The van der Waals surface area contributed by atoms with Crippen molar-refractivity contribution < 1.29 is 14.4 Å². The maximum Gasteiger partial charge on any atom is 0.325 e. The zero-order valence-corrected chi connectivity index (χ0v) is 7.27. The molecule has 0 aliphatic heterocycles. The molecule has 0 heterocycles. The summed E-state index contributed by atoms with van der Waals surface area (Å²) in [5, 5.41) is 0. The van der Waals surface area contributed by atoms with Gasteiger partial charge in [-0.1, -0.05) is 6.92 Å². The summed E-state index contributed by atoms with van der Waals surface area (Å²) in [6, 6.07) is 0. The van der Waals surface area contributed by atoms with Crippen molar-refractivity contribution in [1.82, 2.24) is 0 Å². The fraction of sp³-hybridized carbons (Fsp3) is 1.00. The third-order valence-corrected chi connectivity index (χ3v) is 1.24. The van der Waals surface area contributed by atoms with Crippen LogP contribution in [0, 0.1) is 0 Å². The van der Waals surface area contributed by atoms with Crippen LogP contribution in [0.4, 0.5) is 0 Å². The van der Waals surface area contributed by atoms with Crippen LogP contribution in [-0.2, 0) is 4.57 Å². The second-order valence-corrected chi connectivity index (χ2v) is 2.94. The Labute approximate surface area is 72.3 Å². The van der Waals surface area contributed by atoms with E-state index in [4.69, 9.17) is 9.79 Å². The monoisotopic (exact) mass is 150 g/mol. The predicted octanol–water partition coefficient (Wildman–Crippen LogP) is -0.197. The molecule has 3 nitrogen and oxygen atoms in total. The molecule has 7 heavy (non-hydrogen) atoms. The summed E-state index contributed by atoms with van der Waals surface area (Å²) < 4.78 is 9.69. The molecule has 2 radical (unpaired) electrons. The van der Waals surface area contributed by atoms with Gasteiger partial charge in [0.1, 0.15) is 0 Å². The molecule has 0 unspecified atom stereocenters. The van der Waals surface area contributed by atoms with Gasteiger partial charge in [-0.05, 0) is 0 Å². The number of hydrogen-bond acceptors (Lipinski definition) is 1. The molecule has 0 saturated heterocycles. The predicted molar refractivity (Wildman–Crippen MR) is 28.3 cm³/mol. The van der Waals surface area contributed by atoms with E-state index in [2.05, 4.69) is 0 Å². The molecule has 0 aliphatic rings. The van der Waals surface area contributed by atoms with Gasteiger partial charge in [0, 0.05) is 43.9 Å². The van der Waals surface area contributed by atoms with Gasteiger partial charge in [0.2, 0.25) is 0 Å². The molecular weight excluding hydrogens is 143 g/mol. The Morgan fingerprint density at radius 2 is 1.71 bits per heavy atom. The van der Waals surface area contributed by atoms with Gasteiger partial charge in [-0.15, -0.1) is 0 Å². The van der Waals surface area contributed by atoms with Gasteiger partial charge >= 0.3 is 7.60 Å². The molecule has 0 bridgehead atoms.